The highest BCUT2D eigenvalue weighted by molar-refractivity contribution is 5.50. The van der Waals surface area contributed by atoms with Crippen molar-refractivity contribution in [2.75, 3.05) is 25.0 Å². The summed E-state index contributed by atoms with van der Waals surface area (Å²) in [6.45, 7) is 7.61. The Morgan fingerprint density at radius 1 is 1.26 bits per heavy atom. The van der Waals surface area contributed by atoms with Crippen LogP contribution in [0.4, 0.5) is 10.1 Å². The first-order chi connectivity index (χ1) is 8.90. The van der Waals surface area contributed by atoms with Gasteiger partial charge in [0.1, 0.15) is 5.82 Å². The first-order valence-corrected chi connectivity index (χ1v) is 6.84. The van der Waals surface area contributed by atoms with Crippen molar-refractivity contribution in [3.05, 3.63) is 29.6 Å². The molecule has 2 rings (SSSR count). The number of aliphatic hydroxyl groups is 1. The first kappa shape index (κ1) is 14.3. The van der Waals surface area contributed by atoms with E-state index in [2.05, 4.69) is 30.7 Å². The lowest BCUT2D eigenvalue weighted by Crippen LogP contribution is -2.55. The predicted molar refractivity (Wildman–Crippen MR) is 75.9 cm³/mol. The Balaban J connectivity index is 2.23. The zero-order valence-corrected chi connectivity index (χ0v) is 12.1. The van der Waals surface area contributed by atoms with Gasteiger partial charge in [0.2, 0.25) is 0 Å². The largest absolute Gasteiger partial charge is 0.389 e. The van der Waals surface area contributed by atoms with Crippen LogP contribution in [0, 0.1) is 5.82 Å². The average Bonchev–Trinajstić information content (AvgIpc) is 2.35. The standard InChI is InChI=1S/C15H23FN2O/c1-10-8-18(9-11(2)17(10)4)15-6-5-13(12(3)19)7-14(15)16/h5-7,10-12,19H,8-9H2,1-4H3. The minimum atomic E-state index is -0.631. The number of piperazine rings is 1. The van der Waals surface area contributed by atoms with E-state index in [1.807, 2.05) is 0 Å². The second-order valence-electron chi connectivity index (χ2n) is 5.66. The summed E-state index contributed by atoms with van der Waals surface area (Å²) in [5.74, 6) is -0.248. The van der Waals surface area contributed by atoms with Crippen LogP contribution in [0.3, 0.4) is 0 Å². The van der Waals surface area contributed by atoms with Crippen molar-refractivity contribution in [2.24, 2.45) is 0 Å². The van der Waals surface area contributed by atoms with Crippen LogP contribution in [0.2, 0.25) is 0 Å². The van der Waals surface area contributed by atoms with Crippen molar-refractivity contribution in [3.8, 4) is 0 Å². The van der Waals surface area contributed by atoms with E-state index < -0.39 is 6.10 Å². The van der Waals surface area contributed by atoms with Crippen LogP contribution in [-0.2, 0) is 0 Å². The van der Waals surface area contributed by atoms with Gasteiger partial charge in [0.05, 0.1) is 11.8 Å². The molecule has 0 bridgehead atoms. The number of benzene rings is 1. The van der Waals surface area contributed by atoms with Gasteiger partial charge < -0.3 is 10.0 Å². The fourth-order valence-corrected chi connectivity index (χ4v) is 2.64. The molecule has 1 fully saturated rings. The van der Waals surface area contributed by atoms with E-state index in [0.29, 0.717) is 23.3 Å². The maximum atomic E-state index is 14.2. The SMILES string of the molecule is CC(O)c1ccc(N2CC(C)N(C)C(C)C2)c(F)c1. The maximum Gasteiger partial charge on any atom is 0.146 e. The van der Waals surface area contributed by atoms with Gasteiger partial charge in [-0.1, -0.05) is 6.07 Å². The molecular weight excluding hydrogens is 243 g/mol. The average molecular weight is 266 g/mol. The molecule has 1 N–H and O–H groups in total. The third-order valence-electron chi connectivity index (χ3n) is 4.15. The van der Waals surface area contributed by atoms with Gasteiger partial charge in [-0.2, -0.15) is 0 Å². The van der Waals surface area contributed by atoms with E-state index in [1.165, 1.54) is 6.07 Å². The number of aliphatic hydroxyl groups excluding tert-OH is 1. The van der Waals surface area contributed by atoms with Crippen molar-refractivity contribution in [2.45, 2.75) is 39.0 Å². The van der Waals surface area contributed by atoms with Gasteiger partial charge in [0, 0.05) is 25.2 Å². The Hall–Kier alpha value is -1.13. The van der Waals surface area contributed by atoms with Crippen LogP contribution in [0.5, 0.6) is 0 Å². The number of halogens is 1. The Kier molecular flexibility index (Phi) is 4.11. The van der Waals surface area contributed by atoms with Gasteiger partial charge in [0.25, 0.3) is 0 Å². The van der Waals surface area contributed by atoms with Crippen molar-refractivity contribution < 1.29 is 9.50 Å². The van der Waals surface area contributed by atoms with E-state index in [0.717, 1.165) is 13.1 Å². The Morgan fingerprint density at radius 2 is 1.84 bits per heavy atom. The number of hydrogen-bond donors (Lipinski definition) is 1. The van der Waals surface area contributed by atoms with Gasteiger partial charge in [-0.05, 0) is 45.5 Å². The lowest BCUT2D eigenvalue weighted by Gasteiger charge is -2.43. The van der Waals surface area contributed by atoms with Crippen molar-refractivity contribution in [1.29, 1.82) is 0 Å². The molecule has 0 spiro atoms. The minimum absolute atomic E-state index is 0.248. The molecule has 0 aliphatic carbocycles. The van der Waals surface area contributed by atoms with Crippen LogP contribution in [0.1, 0.15) is 32.4 Å². The second-order valence-corrected chi connectivity index (χ2v) is 5.66. The normalized spacial score (nSPS) is 26.5. The van der Waals surface area contributed by atoms with Crippen LogP contribution in [0.15, 0.2) is 18.2 Å². The molecule has 3 atom stereocenters. The van der Waals surface area contributed by atoms with E-state index in [9.17, 15) is 9.50 Å². The summed E-state index contributed by atoms with van der Waals surface area (Å²) in [6.07, 6.45) is -0.631. The summed E-state index contributed by atoms with van der Waals surface area (Å²) in [5, 5.41) is 9.48. The molecule has 0 saturated carbocycles. The predicted octanol–water partition coefficient (Wildman–Crippen LogP) is 2.41. The van der Waals surface area contributed by atoms with Gasteiger partial charge in [0.15, 0.2) is 0 Å². The molecule has 1 saturated heterocycles. The first-order valence-electron chi connectivity index (χ1n) is 6.84. The fourth-order valence-electron chi connectivity index (χ4n) is 2.64. The van der Waals surface area contributed by atoms with Crippen molar-refractivity contribution in [1.82, 2.24) is 4.90 Å². The minimum Gasteiger partial charge on any atom is -0.389 e. The van der Waals surface area contributed by atoms with Crippen LogP contribution < -0.4 is 4.90 Å². The highest BCUT2D eigenvalue weighted by atomic mass is 19.1. The van der Waals surface area contributed by atoms with Gasteiger partial charge >= 0.3 is 0 Å². The molecule has 1 heterocycles. The zero-order chi connectivity index (χ0) is 14.2. The summed E-state index contributed by atoms with van der Waals surface area (Å²) in [5.41, 5.74) is 1.26. The van der Waals surface area contributed by atoms with E-state index >= 15 is 0 Å². The molecule has 106 valence electrons. The second kappa shape index (κ2) is 5.47. The quantitative estimate of drug-likeness (QED) is 0.890. The molecule has 19 heavy (non-hydrogen) atoms. The number of likely N-dealkylation sites (N-methyl/N-ethyl adjacent to an activating group) is 1. The number of rotatable bonds is 2. The molecule has 3 nitrogen and oxygen atoms in total. The summed E-state index contributed by atoms with van der Waals surface area (Å²) < 4.78 is 14.2. The van der Waals surface area contributed by atoms with E-state index in [-0.39, 0.29) is 5.82 Å². The van der Waals surface area contributed by atoms with Gasteiger partial charge in [-0.3, -0.25) is 4.90 Å². The smallest absolute Gasteiger partial charge is 0.146 e. The molecule has 1 aliphatic heterocycles. The monoisotopic (exact) mass is 266 g/mol. The van der Waals surface area contributed by atoms with Crippen LogP contribution >= 0.6 is 0 Å². The van der Waals surface area contributed by atoms with Crippen LogP contribution in [0.25, 0.3) is 0 Å². The van der Waals surface area contributed by atoms with Crippen molar-refractivity contribution in [3.63, 3.8) is 0 Å². The Morgan fingerprint density at radius 3 is 2.32 bits per heavy atom. The third kappa shape index (κ3) is 2.90. The topological polar surface area (TPSA) is 26.7 Å². The number of hydrogen-bond acceptors (Lipinski definition) is 3. The molecule has 1 aromatic rings. The van der Waals surface area contributed by atoms with Gasteiger partial charge in [-0.25, -0.2) is 4.39 Å². The third-order valence-corrected chi connectivity index (χ3v) is 4.15. The molecule has 1 aliphatic rings. The van der Waals surface area contributed by atoms with Gasteiger partial charge in [-0.15, -0.1) is 0 Å². The zero-order valence-electron chi connectivity index (χ0n) is 12.1. The molecule has 0 radical (unpaired) electrons. The van der Waals surface area contributed by atoms with Crippen molar-refractivity contribution >= 4 is 5.69 Å². The van der Waals surface area contributed by atoms with Crippen LogP contribution in [-0.4, -0.2) is 42.2 Å². The molecule has 0 amide bonds. The summed E-state index contributed by atoms with van der Waals surface area (Å²) in [4.78, 5) is 4.41. The van der Waals surface area contributed by atoms with E-state index in [1.54, 1.807) is 19.1 Å². The molecule has 4 heteroatoms. The Bertz CT molecular complexity index is 438. The number of nitrogens with zero attached hydrogens (tertiary/aromatic N) is 2. The Labute approximate surface area is 114 Å². The summed E-state index contributed by atoms with van der Waals surface area (Å²) in [6, 6.07) is 5.83. The molecule has 1 aromatic carbocycles. The summed E-state index contributed by atoms with van der Waals surface area (Å²) >= 11 is 0. The maximum absolute atomic E-state index is 14.2. The number of anilines is 1. The highest BCUT2D eigenvalue weighted by Crippen LogP contribution is 2.26. The lowest BCUT2D eigenvalue weighted by atomic mass is 10.1. The van der Waals surface area contributed by atoms with E-state index in [4.69, 9.17) is 0 Å². The fraction of sp³-hybridized carbons (Fsp3) is 0.600. The highest BCUT2D eigenvalue weighted by Gasteiger charge is 2.27. The molecule has 3 unspecified atom stereocenters. The molecular formula is C15H23FN2O. The lowest BCUT2D eigenvalue weighted by molar-refractivity contribution is 0.169. The summed E-state index contributed by atoms with van der Waals surface area (Å²) in [7, 11) is 2.11. The molecule has 0 aromatic heterocycles.